The summed E-state index contributed by atoms with van der Waals surface area (Å²) in [5, 5.41) is 7.19. The first-order chi connectivity index (χ1) is 15.3. The number of rotatable bonds is 9. The Balaban J connectivity index is 1.58. The average molecular weight is 434 g/mol. The molecule has 0 aliphatic carbocycles. The zero-order valence-electron chi connectivity index (χ0n) is 17.1. The molecule has 0 fully saturated rings. The number of hydrogen-bond acceptors (Lipinski definition) is 6. The first-order valence-corrected chi connectivity index (χ1v) is 10.4. The van der Waals surface area contributed by atoms with Crippen LogP contribution in [-0.2, 0) is 13.2 Å². The summed E-state index contributed by atoms with van der Waals surface area (Å²) < 4.78 is 14.2. The normalized spacial score (nSPS) is 10.6. The fourth-order valence-electron chi connectivity index (χ4n) is 3.17. The maximum absolute atomic E-state index is 6.19. The average Bonchev–Trinajstić information content (AvgIpc) is 3.18. The van der Waals surface area contributed by atoms with Crippen molar-refractivity contribution < 1.29 is 9.47 Å². The van der Waals surface area contributed by atoms with Crippen molar-refractivity contribution in [3.05, 3.63) is 89.0 Å². The molecule has 0 spiro atoms. The van der Waals surface area contributed by atoms with Gasteiger partial charge in [0.25, 0.3) is 0 Å². The van der Waals surface area contributed by atoms with Gasteiger partial charge in [0, 0.05) is 23.5 Å². The summed E-state index contributed by atoms with van der Waals surface area (Å²) in [4.78, 5) is 4.06. The molecular formula is C23H23N5O2S. The van der Waals surface area contributed by atoms with Crippen molar-refractivity contribution in [1.82, 2.24) is 19.9 Å². The predicted octanol–water partition coefficient (Wildman–Crippen LogP) is 4.72. The van der Waals surface area contributed by atoms with Crippen molar-refractivity contribution >= 4 is 12.2 Å². The molecule has 0 atom stereocenters. The number of nitrogens with one attached hydrogen (secondary N) is 2. The lowest BCUT2D eigenvalue weighted by Crippen LogP contribution is -2.17. The molecule has 2 aromatic heterocycles. The molecule has 2 N–H and O–H groups in total. The highest BCUT2D eigenvalue weighted by Crippen LogP contribution is 2.32. The third-order valence-corrected chi connectivity index (χ3v) is 4.90. The van der Waals surface area contributed by atoms with E-state index in [4.69, 9.17) is 21.7 Å². The van der Waals surface area contributed by atoms with Gasteiger partial charge >= 0.3 is 0 Å². The largest absolute Gasteiger partial charge is 0.490 e. The van der Waals surface area contributed by atoms with Crippen LogP contribution in [0.25, 0.3) is 11.4 Å². The summed E-state index contributed by atoms with van der Waals surface area (Å²) in [6.07, 6.45) is 3.44. The lowest BCUT2D eigenvalue weighted by atomic mass is 10.2. The third kappa shape index (κ3) is 4.92. The van der Waals surface area contributed by atoms with E-state index >= 15 is 0 Å². The molecule has 0 radical (unpaired) electrons. The molecule has 2 aromatic carbocycles. The number of H-pyrrole nitrogens is 1. The summed E-state index contributed by atoms with van der Waals surface area (Å²) in [5.74, 6) is 2.10. The van der Waals surface area contributed by atoms with E-state index in [9.17, 15) is 0 Å². The Hall–Kier alpha value is -3.65. The van der Waals surface area contributed by atoms with E-state index in [0.717, 1.165) is 16.7 Å². The third-order valence-electron chi connectivity index (χ3n) is 4.62. The highest BCUT2D eigenvalue weighted by atomic mass is 32.1. The van der Waals surface area contributed by atoms with Gasteiger partial charge < -0.3 is 14.9 Å². The highest BCUT2D eigenvalue weighted by Gasteiger charge is 2.14. The second-order valence-electron chi connectivity index (χ2n) is 6.71. The summed E-state index contributed by atoms with van der Waals surface area (Å²) in [6, 6.07) is 19.7. The Kier molecular flexibility index (Phi) is 6.59. The van der Waals surface area contributed by atoms with Crippen molar-refractivity contribution in [3.8, 4) is 22.9 Å². The maximum atomic E-state index is 6.19. The van der Waals surface area contributed by atoms with E-state index in [1.165, 1.54) is 0 Å². The van der Waals surface area contributed by atoms with Gasteiger partial charge in [-0.2, -0.15) is 5.10 Å². The topological polar surface area (TPSA) is 77.0 Å². The van der Waals surface area contributed by atoms with Gasteiger partial charge in [-0.05, 0) is 42.9 Å². The van der Waals surface area contributed by atoms with E-state index in [1.807, 2.05) is 67.6 Å². The number of aromatic nitrogens is 4. The SMILES string of the molecule is CCOc1cccc(CNn2c(-c3ccncc3)n[nH]c2=S)c1OCc1ccccc1. The van der Waals surface area contributed by atoms with Crippen molar-refractivity contribution in [2.45, 2.75) is 20.1 Å². The maximum Gasteiger partial charge on any atom is 0.214 e. The summed E-state index contributed by atoms with van der Waals surface area (Å²) in [5.41, 5.74) is 6.29. The summed E-state index contributed by atoms with van der Waals surface area (Å²) in [7, 11) is 0. The summed E-state index contributed by atoms with van der Waals surface area (Å²) in [6.45, 7) is 3.43. The monoisotopic (exact) mass is 433 g/mol. The number of aromatic amines is 1. The number of ether oxygens (including phenoxy) is 2. The van der Waals surface area contributed by atoms with Gasteiger partial charge in [-0.3, -0.25) is 4.98 Å². The number of hydrogen-bond donors (Lipinski definition) is 2. The quantitative estimate of drug-likeness (QED) is 0.372. The fraction of sp³-hybridized carbons (Fsp3) is 0.174. The van der Waals surface area contributed by atoms with Crippen molar-refractivity contribution in [2.24, 2.45) is 0 Å². The Labute approximate surface area is 185 Å². The standard InChI is InChI=1S/C23H23N5O2S/c1-2-29-20-10-6-9-19(21(20)30-16-17-7-4-3-5-8-17)15-25-28-22(26-27-23(28)31)18-11-13-24-14-12-18/h3-14,25H,2,15-16H2,1H3,(H,27,31). The number of para-hydroxylation sites is 1. The van der Waals surface area contributed by atoms with Crippen LogP contribution in [-0.4, -0.2) is 26.5 Å². The minimum atomic E-state index is 0.450. The molecule has 31 heavy (non-hydrogen) atoms. The molecule has 0 saturated carbocycles. The smallest absolute Gasteiger partial charge is 0.214 e. The van der Waals surface area contributed by atoms with Crippen LogP contribution in [0.2, 0.25) is 0 Å². The van der Waals surface area contributed by atoms with Gasteiger partial charge in [0.15, 0.2) is 17.3 Å². The molecule has 0 bridgehead atoms. The summed E-state index contributed by atoms with van der Waals surface area (Å²) >= 11 is 5.41. The Morgan fingerprint density at radius 3 is 2.58 bits per heavy atom. The Morgan fingerprint density at radius 2 is 1.81 bits per heavy atom. The molecule has 158 valence electrons. The fourth-order valence-corrected chi connectivity index (χ4v) is 3.36. The van der Waals surface area contributed by atoms with Gasteiger partial charge in [-0.1, -0.05) is 42.5 Å². The Morgan fingerprint density at radius 1 is 1.00 bits per heavy atom. The number of pyridine rings is 1. The van der Waals surface area contributed by atoms with Gasteiger partial charge in [0.1, 0.15) is 6.61 Å². The molecule has 4 rings (SSSR count). The van der Waals surface area contributed by atoms with Gasteiger partial charge in [0.2, 0.25) is 4.77 Å². The van der Waals surface area contributed by atoms with E-state index < -0.39 is 0 Å². The van der Waals surface area contributed by atoms with E-state index in [2.05, 4.69) is 20.6 Å². The van der Waals surface area contributed by atoms with Gasteiger partial charge in [-0.15, -0.1) is 0 Å². The van der Waals surface area contributed by atoms with Gasteiger partial charge in [0.05, 0.1) is 13.2 Å². The van der Waals surface area contributed by atoms with Crippen LogP contribution >= 0.6 is 12.2 Å². The lowest BCUT2D eigenvalue weighted by molar-refractivity contribution is 0.267. The minimum absolute atomic E-state index is 0.450. The molecule has 0 saturated heterocycles. The van der Waals surface area contributed by atoms with Crippen LogP contribution in [0.3, 0.4) is 0 Å². The zero-order chi connectivity index (χ0) is 21.5. The van der Waals surface area contributed by atoms with E-state index in [-0.39, 0.29) is 0 Å². The van der Waals surface area contributed by atoms with Crippen LogP contribution in [0, 0.1) is 4.77 Å². The highest BCUT2D eigenvalue weighted by molar-refractivity contribution is 7.71. The van der Waals surface area contributed by atoms with Crippen molar-refractivity contribution in [1.29, 1.82) is 0 Å². The molecule has 0 amide bonds. The minimum Gasteiger partial charge on any atom is -0.490 e. The first-order valence-electron chi connectivity index (χ1n) is 9.99. The molecule has 0 unspecified atom stereocenters. The van der Waals surface area contributed by atoms with Crippen molar-refractivity contribution in [3.63, 3.8) is 0 Å². The van der Waals surface area contributed by atoms with E-state index in [0.29, 0.717) is 41.9 Å². The predicted molar refractivity (Wildman–Crippen MR) is 122 cm³/mol. The molecule has 4 aromatic rings. The van der Waals surface area contributed by atoms with Crippen LogP contribution in [0.15, 0.2) is 73.1 Å². The van der Waals surface area contributed by atoms with Crippen LogP contribution < -0.4 is 14.9 Å². The van der Waals surface area contributed by atoms with Crippen molar-refractivity contribution in [2.75, 3.05) is 12.0 Å². The lowest BCUT2D eigenvalue weighted by Gasteiger charge is -2.17. The second-order valence-corrected chi connectivity index (χ2v) is 7.10. The van der Waals surface area contributed by atoms with Crippen LogP contribution in [0.1, 0.15) is 18.1 Å². The van der Waals surface area contributed by atoms with Gasteiger partial charge in [-0.25, -0.2) is 9.77 Å². The van der Waals surface area contributed by atoms with Crippen LogP contribution in [0.4, 0.5) is 0 Å². The number of benzene rings is 2. The zero-order valence-corrected chi connectivity index (χ0v) is 17.9. The molecular weight excluding hydrogens is 410 g/mol. The first kappa shape index (κ1) is 20.6. The molecule has 0 aliphatic heterocycles. The molecule has 0 aliphatic rings. The Bertz CT molecular complexity index is 1180. The van der Waals surface area contributed by atoms with Crippen LogP contribution in [0.5, 0.6) is 11.5 Å². The van der Waals surface area contributed by atoms with E-state index in [1.54, 1.807) is 17.1 Å². The second kappa shape index (κ2) is 9.90. The molecule has 8 heteroatoms. The number of nitrogens with zero attached hydrogens (tertiary/aromatic N) is 3. The molecule has 2 heterocycles. The molecule has 7 nitrogen and oxygen atoms in total.